The van der Waals surface area contributed by atoms with Gasteiger partial charge in [-0.2, -0.15) is 0 Å². The molecule has 0 bridgehead atoms. The second-order valence-corrected chi connectivity index (χ2v) is 17.8. The third-order valence-corrected chi connectivity index (χ3v) is 14.2. The monoisotopic (exact) mass is 865 g/mol. The van der Waals surface area contributed by atoms with Crippen molar-refractivity contribution in [3.8, 4) is 89.8 Å². The van der Waals surface area contributed by atoms with E-state index in [-0.39, 0.29) is 5.41 Å². The van der Waals surface area contributed by atoms with Gasteiger partial charge in [0.2, 0.25) is 0 Å². The summed E-state index contributed by atoms with van der Waals surface area (Å²) in [5.41, 5.74) is 21.5. The number of aromatic nitrogens is 3. The maximum absolute atomic E-state index is 6.52. The predicted octanol–water partition coefficient (Wildman–Crippen LogP) is 16.1. The number of furan rings is 1. The molecule has 68 heavy (non-hydrogen) atoms. The van der Waals surface area contributed by atoms with E-state index < -0.39 is 0 Å². The van der Waals surface area contributed by atoms with Gasteiger partial charge in [0.25, 0.3) is 0 Å². The maximum atomic E-state index is 6.52. The normalized spacial score (nSPS) is 12.8. The Kier molecular flexibility index (Phi) is 8.46. The fourth-order valence-electron chi connectivity index (χ4n) is 11.2. The Balaban J connectivity index is 0.856. The molecule has 0 saturated carbocycles. The van der Waals surface area contributed by atoms with E-state index in [4.69, 9.17) is 19.4 Å². The summed E-state index contributed by atoms with van der Waals surface area (Å²) in [7, 11) is 0. The molecule has 0 amide bonds. The van der Waals surface area contributed by atoms with Crippen LogP contribution in [0.5, 0.6) is 0 Å². The average molecular weight is 866 g/mol. The number of fused-ring (bicyclic) bond motifs is 13. The zero-order valence-corrected chi connectivity index (χ0v) is 36.8. The molecule has 0 N–H and O–H groups in total. The van der Waals surface area contributed by atoms with E-state index in [0.29, 0.717) is 17.5 Å². The van der Waals surface area contributed by atoms with E-state index in [9.17, 15) is 0 Å². The highest BCUT2D eigenvalue weighted by Crippen LogP contribution is 2.63. The van der Waals surface area contributed by atoms with E-state index in [1.807, 2.05) is 72.8 Å². The Labute approximate surface area is 393 Å². The van der Waals surface area contributed by atoms with Gasteiger partial charge in [0.05, 0.1) is 5.41 Å². The summed E-state index contributed by atoms with van der Waals surface area (Å²) in [6, 6.07) is 84.8. The summed E-state index contributed by atoms with van der Waals surface area (Å²) in [6.07, 6.45) is 0. The van der Waals surface area contributed by atoms with Crippen molar-refractivity contribution in [3.05, 3.63) is 259 Å². The van der Waals surface area contributed by atoms with E-state index in [1.54, 1.807) is 0 Å². The van der Waals surface area contributed by atoms with Crippen molar-refractivity contribution in [2.45, 2.75) is 5.41 Å². The molecule has 2 aromatic heterocycles. The van der Waals surface area contributed by atoms with Crippen LogP contribution in [0, 0.1) is 0 Å². The van der Waals surface area contributed by atoms with Crippen molar-refractivity contribution < 1.29 is 4.42 Å². The fraction of sp³-hybridized carbons (Fsp3) is 0.0156. The summed E-state index contributed by atoms with van der Waals surface area (Å²) in [5, 5.41) is 1.98. The lowest BCUT2D eigenvalue weighted by Crippen LogP contribution is -2.25. The number of rotatable bonds is 6. The maximum Gasteiger partial charge on any atom is 0.164 e. The molecule has 2 aliphatic rings. The first kappa shape index (κ1) is 38.3. The van der Waals surface area contributed by atoms with Crippen LogP contribution < -0.4 is 0 Å². The van der Waals surface area contributed by atoms with Gasteiger partial charge in [-0.1, -0.05) is 200 Å². The SMILES string of the molecule is c1ccc(-c2nc(-c3ccccc3)nc(-c3cccc4oc5ccc(-c6cccc(-c7cccc(-c8ccc9c(c8)C8(c%10ccccc%10-c%10ccccc%108)c8ccccc8-9)c7)c6)cc5c34)n2)cc1. The van der Waals surface area contributed by atoms with E-state index in [1.165, 1.54) is 55.6 Å². The van der Waals surface area contributed by atoms with E-state index in [0.717, 1.165) is 60.9 Å². The molecule has 0 atom stereocenters. The Morgan fingerprint density at radius 2 is 0.676 bits per heavy atom. The zero-order valence-electron chi connectivity index (χ0n) is 36.8. The number of hydrogen-bond donors (Lipinski definition) is 0. The first-order chi connectivity index (χ1) is 33.7. The largest absolute Gasteiger partial charge is 0.456 e. The van der Waals surface area contributed by atoms with Crippen LogP contribution in [0.2, 0.25) is 0 Å². The molecule has 2 aliphatic carbocycles. The first-order valence-corrected chi connectivity index (χ1v) is 23.2. The topological polar surface area (TPSA) is 51.8 Å². The van der Waals surface area contributed by atoms with Gasteiger partial charge in [0.15, 0.2) is 17.5 Å². The van der Waals surface area contributed by atoms with Gasteiger partial charge in [-0.15, -0.1) is 0 Å². The van der Waals surface area contributed by atoms with Crippen LogP contribution in [-0.2, 0) is 5.41 Å². The van der Waals surface area contributed by atoms with Crippen LogP contribution in [0.15, 0.2) is 241 Å². The minimum Gasteiger partial charge on any atom is -0.456 e. The van der Waals surface area contributed by atoms with Crippen molar-refractivity contribution in [2.24, 2.45) is 0 Å². The second kappa shape index (κ2) is 15.0. The van der Waals surface area contributed by atoms with Gasteiger partial charge in [0.1, 0.15) is 11.2 Å². The molecule has 0 radical (unpaired) electrons. The average Bonchev–Trinajstić information content (AvgIpc) is 4.05. The molecular weight excluding hydrogens is 827 g/mol. The van der Waals surface area contributed by atoms with Crippen molar-refractivity contribution in [1.82, 2.24) is 15.0 Å². The van der Waals surface area contributed by atoms with Crippen molar-refractivity contribution in [2.75, 3.05) is 0 Å². The van der Waals surface area contributed by atoms with Gasteiger partial charge in [-0.05, 0) is 114 Å². The second-order valence-electron chi connectivity index (χ2n) is 17.8. The Bertz CT molecular complexity index is 3860. The Morgan fingerprint density at radius 3 is 1.24 bits per heavy atom. The third kappa shape index (κ3) is 5.77. The molecule has 0 fully saturated rings. The molecule has 12 aromatic rings. The first-order valence-electron chi connectivity index (χ1n) is 23.2. The summed E-state index contributed by atoms with van der Waals surface area (Å²) in [6.45, 7) is 0. The molecule has 4 heteroatoms. The Hall–Kier alpha value is -8.99. The van der Waals surface area contributed by atoms with Crippen LogP contribution >= 0.6 is 0 Å². The summed E-state index contributed by atoms with van der Waals surface area (Å²) < 4.78 is 6.52. The fourth-order valence-corrected chi connectivity index (χ4v) is 11.2. The molecule has 0 unspecified atom stereocenters. The standard InChI is InChI=1S/C64H39N3O/c1-3-16-40(17-4-1)61-65-62(41-18-5-2-6-19-41)67-63(66-61)52-27-15-31-59-60(52)53-38-46(33-35-58(53)68-59)44-22-13-20-42(36-44)43-21-14-23-45(37-43)47-32-34-51-50-26-9-12-30-56(50)64(57(51)39-47)54-28-10-7-24-48(54)49-25-8-11-29-55(49)64/h1-39H. The van der Waals surface area contributed by atoms with Crippen molar-refractivity contribution in [1.29, 1.82) is 0 Å². The van der Waals surface area contributed by atoms with Crippen molar-refractivity contribution >= 4 is 21.9 Å². The molecular formula is C64H39N3O. The van der Waals surface area contributed by atoms with Gasteiger partial charge in [-0.3, -0.25) is 0 Å². The lowest BCUT2D eigenvalue weighted by atomic mass is 9.70. The summed E-state index contributed by atoms with van der Waals surface area (Å²) in [5.74, 6) is 1.84. The van der Waals surface area contributed by atoms with Crippen LogP contribution in [0.1, 0.15) is 22.3 Å². The van der Waals surface area contributed by atoms with E-state index in [2.05, 4.69) is 164 Å². The van der Waals surface area contributed by atoms with Gasteiger partial charge in [0, 0.05) is 27.5 Å². The van der Waals surface area contributed by atoms with E-state index >= 15 is 0 Å². The number of nitrogens with zero attached hydrogens (tertiary/aromatic N) is 3. The quantitative estimate of drug-likeness (QED) is 0.167. The van der Waals surface area contributed by atoms with Crippen LogP contribution in [0.25, 0.3) is 112 Å². The third-order valence-electron chi connectivity index (χ3n) is 14.2. The highest BCUT2D eigenvalue weighted by Gasteiger charge is 2.51. The molecule has 1 spiro atoms. The van der Waals surface area contributed by atoms with Gasteiger partial charge < -0.3 is 4.42 Å². The molecule has 316 valence electrons. The van der Waals surface area contributed by atoms with Crippen LogP contribution in [-0.4, -0.2) is 15.0 Å². The minimum atomic E-state index is -0.384. The van der Waals surface area contributed by atoms with Crippen LogP contribution in [0.3, 0.4) is 0 Å². The molecule has 10 aromatic carbocycles. The smallest absolute Gasteiger partial charge is 0.164 e. The highest BCUT2D eigenvalue weighted by molar-refractivity contribution is 6.13. The summed E-state index contributed by atoms with van der Waals surface area (Å²) in [4.78, 5) is 15.1. The lowest BCUT2D eigenvalue weighted by molar-refractivity contribution is 0.669. The molecule has 4 nitrogen and oxygen atoms in total. The highest BCUT2D eigenvalue weighted by atomic mass is 16.3. The molecule has 2 heterocycles. The zero-order chi connectivity index (χ0) is 44.8. The summed E-state index contributed by atoms with van der Waals surface area (Å²) >= 11 is 0. The molecule has 0 saturated heterocycles. The molecule has 0 aliphatic heterocycles. The van der Waals surface area contributed by atoms with Crippen molar-refractivity contribution in [3.63, 3.8) is 0 Å². The van der Waals surface area contributed by atoms with Gasteiger partial charge >= 0.3 is 0 Å². The minimum absolute atomic E-state index is 0.384. The lowest BCUT2D eigenvalue weighted by Gasteiger charge is -2.30. The predicted molar refractivity (Wildman–Crippen MR) is 276 cm³/mol. The molecule has 14 rings (SSSR count). The number of hydrogen-bond acceptors (Lipinski definition) is 4. The number of benzene rings is 10. The Morgan fingerprint density at radius 1 is 0.265 bits per heavy atom. The van der Waals surface area contributed by atoms with Crippen LogP contribution in [0.4, 0.5) is 0 Å². The van der Waals surface area contributed by atoms with Gasteiger partial charge in [-0.25, -0.2) is 15.0 Å².